The van der Waals surface area contributed by atoms with Gasteiger partial charge in [0.1, 0.15) is 0 Å². The molecule has 1 heterocycles. The van der Waals surface area contributed by atoms with Crippen molar-refractivity contribution in [1.82, 2.24) is 4.98 Å². The molecule has 0 aromatic carbocycles. The maximum atomic E-state index is 4.78. The van der Waals surface area contributed by atoms with Crippen LogP contribution in [-0.2, 0) is 0 Å². The zero-order valence-electron chi connectivity index (χ0n) is 3.51. The van der Waals surface area contributed by atoms with Gasteiger partial charge in [0.2, 0.25) is 0 Å². The van der Waals surface area contributed by atoms with Gasteiger partial charge in [0, 0.05) is 0 Å². The molecule has 0 unspecified atom stereocenters. The van der Waals surface area contributed by atoms with E-state index in [2.05, 4.69) is 4.98 Å². The summed E-state index contributed by atoms with van der Waals surface area (Å²) in [5, 5.41) is 0. The van der Waals surface area contributed by atoms with Crippen molar-refractivity contribution in [1.29, 1.82) is 0 Å². The van der Waals surface area contributed by atoms with Crippen molar-refractivity contribution in [3.63, 3.8) is 0 Å². The van der Waals surface area contributed by atoms with Crippen LogP contribution in [0.25, 0.3) is 0 Å². The first-order chi connectivity index (χ1) is 2.89. The summed E-state index contributed by atoms with van der Waals surface area (Å²) >= 11 is 0.918. The molecule has 0 N–H and O–H groups in total. The van der Waals surface area contributed by atoms with Crippen LogP contribution in [0, 0.1) is 0 Å². The molecule has 0 fully saturated rings. The Kier molecular flexibility index (Phi) is 1.29. The van der Waals surface area contributed by atoms with Crippen LogP contribution in [0.5, 0.6) is 0 Å². The third-order valence-electron chi connectivity index (χ3n) is 0.556. The Morgan fingerprint density at radius 3 is 2.83 bits per heavy atom. The molecule has 3 heteroatoms. The Morgan fingerprint density at radius 1 is 1.83 bits per heavy atom. The topological polar surface area (TPSA) is 26.0 Å². The van der Waals surface area contributed by atoms with E-state index >= 15 is 0 Å². The molecule has 0 amide bonds. The number of aromatic nitrogens is 1. The molecule has 0 saturated carbocycles. The van der Waals surface area contributed by atoms with Crippen molar-refractivity contribution in [3.05, 3.63) is 12.5 Å². The van der Waals surface area contributed by atoms with Crippen LogP contribution >= 0.6 is 0 Å². The quantitative estimate of drug-likeness (QED) is 0.401. The SMILES string of the molecule is [Na][c]1ncco1. The van der Waals surface area contributed by atoms with Gasteiger partial charge in [-0.05, 0) is 0 Å². The fraction of sp³-hybridized carbons (Fsp3) is 0. The van der Waals surface area contributed by atoms with Crippen LogP contribution in [0.4, 0.5) is 0 Å². The first-order valence-electron chi connectivity index (χ1n) is 1.75. The molecular formula is C3H2NNaO. The van der Waals surface area contributed by atoms with E-state index in [9.17, 15) is 0 Å². The Balaban J connectivity index is 3.05. The second-order valence-electron chi connectivity index (χ2n) is 1.05. The molecule has 1 rings (SSSR count). The summed E-state index contributed by atoms with van der Waals surface area (Å²) in [5.74, 6) is 0. The van der Waals surface area contributed by atoms with E-state index in [1.165, 1.54) is 0 Å². The van der Waals surface area contributed by atoms with Crippen molar-refractivity contribution in [2.24, 2.45) is 0 Å². The van der Waals surface area contributed by atoms with Gasteiger partial charge in [-0.15, -0.1) is 0 Å². The fourth-order valence-electron chi connectivity index (χ4n) is 0.295. The fourth-order valence-corrected chi connectivity index (χ4v) is 0.580. The van der Waals surface area contributed by atoms with E-state index in [1.807, 2.05) is 0 Å². The van der Waals surface area contributed by atoms with Crippen LogP contribution in [0.15, 0.2) is 16.9 Å². The molecule has 0 aliphatic carbocycles. The zero-order valence-corrected chi connectivity index (χ0v) is 5.51. The molecule has 2 nitrogen and oxygen atoms in total. The normalized spacial score (nSPS) is 9.00. The Morgan fingerprint density at radius 2 is 2.67 bits per heavy atom. The van der Waals surface area contributed by atoms with Crippen LogP contribution in [0.2, 0.25) is 0 Å². The molecule has 0 bridgehead atoms. The standard InChI is InChI=1S/C3H2NO.Na/c1-2-5-3-4-1;/h1-2H;. The summed E-state index contributed by atoms with van der Waals surface area (Å²) in [7, 11) is 0. The van der Waals surface area contributed by atoms with E-state index in [4.69, 9.17) is 4.42 Å². The number of rotatable bonds is 0. The molecule has 26 valence electrons. The van der Waals surface area contributed by atoms with E-state index < -0.39 is 0 Å². The number of oxazole rings is 1. The molecular weight excluding hydrogens is 89.0 g/mol. The summed E-state index contributed by atoms with van der Waals surface area (Å²) < 4.78 is 5.64. The molecule has 0 saturated heterocycles. The van der Waals surface area contributed by atoms with Gasteiger partial charge in [-0.2, -0.15) is 0 Å². The summed E-state index contributed by atoms with van der Waals surface area (Å²) in [4.78, 5) is 3.81. The van der Waals surface area contributed by atoms with Crippen LogP contribution in [0.3, 0.4) is 0 Å². The zero-order chi connectivity index (χ0) is 4.41. The number of nitrogens with zero attached hydrogens (tertiary/aromatic N) is 1. The van der Waals surface area contributed by atoms with Crippen LogP contribution < -0.4 is 3.14 Å². The van der Waals surface area contributed by atoms with Gasteiger partial charge in [-0.1, -0.05) is 0 Å². The maximum absolute atomic E-state index is 4.78. The molecule has 0 aliphatic rings. The summed E-state index contributed by atoms with van der Waals surface area (Å²) in [6, 6.07) is 0. The molecule has 0 aliphatic heterocycles. The van der Waals surface area contributed by atoms with Crippen molar-refractivity contribution < 1.29 is 4.42 Å². The van der Waals surface area contributed by atoms with E-state index in [0.717, 1.165) is 31.1 Å². The van der Waals surface area contributed by atoms with E-state index in [0.29, 0.717) is 0 Å². The first kappa shape index (κ1) is 4.37. The summed E-state index contributed by atoms with van der Waals surface area (Å²) in [5.41, 5.74) is 0. The molecule has 1 aromatic heterocycles. The van der Waals surface area contributed by atoms with Gasteiger partial charge in [-0.25, -0.2) is 0 Å². The van der Waals surface area contributed by atoms with Gasteiger partial charge >= 0.3 is 52.9 Å². The molecule has 0 radical (unpaired) electrons. The second-order valence-corrected chi connectivity index (χ2v) is 1.91. The van der Waals surface area contributed by atoms with Gasteiger partial charge in [0.25, 0.3) is 0 Å². The molecule has 0 atom stereocenters. The van der Waals surface area contributed by atoms with E-state index in [-0.39, 0.29) is 0 Å². The van der Waals surface area contributed by atoms with Gasteiger partial charge < -0.3 is 0 Å². The van der Waals surface area contributed by atoms with Crippen LogP contribution in [0.1, 0.15) is 0 Å². The second kappa shape index (κ2) is 1.78. The number of hydrogen-bond donors (Lipinski definition) is 0. The first-order valence-corrected chi connectivity index (χ1v) is 2.75. The van der Waals surface area contributed by atoms with Crippen molar-refractivity contribution in [2.45, 2.75) is 0 Å². The number of hydrogen-bond acceptors (Lipinski definition) is 2. The minimum absolute atomic E-state index is 0.856. The monoisotopic (exact) mass is 91.0 g/mol. The van der Waals surface area contributed by atoms with Gasteiger partial charge in [0.05, 0.1) is 0 Å². The average molecular weight is 91.0 g/mol. The Bertz CT molecular complexity index is 114. The summed E-state index contributed by atoms with van der Waals surface area (Å²) in [6.45, 7) is 0. The van der Waals surface area contributed by atoms with E-state index in [1.54, 1.807) is 12.5 Å². The minimum atomic E-state index is 0.856. The molecule has 1 aromatic rings. The molecule has 0 spiro atoms. The predicted molar refractivity (Wildman–Crippen MR) is 21.9 cm³/mol. The predicted octanol–water partition coefficient (Wildman–Crippen LogP) is -0.532. The Hall–Kier alpha value is 0.210. The van der Waals surface area contributed by atoms with Crippen molar-refractivity contribution >= 4 is 31.1 Å². The van der Waals surface area contributed by atoms with Gasteiger partial charge in [-0.3, -0.25) is 0 Å². The summed E-state index contributed by atoms with van der Waals surface area (Å²) in [6.07, 6.45) is 3.24. The Labute approximate surface area is 53.0 Å². The molecule has 6 heavy (non-hydrogen) atoms. The third-order valence-corrected chi connectivity index (χ3v) is 1.05. The third kappa shape index (κ3) is 0.834. The van der Waals surface area contributed by atoms with Crippen molar-refractivity contribution in [3.8, 4) is 0 Å². The van der Waals surface area contributed by atoms with Crippen LogP contribution in [-0.4, -0.2) is 32.9 Å². The average Bonchev–Trinajstić information content (AvgIpc) is 1.86. The van der Waals surface area contributed by atoms with Crippen molar-refractivity contribution in [2.75, 3.05) is 0 Å². The van der Waals surface area contributed by atoms with Gasteiger partial charge in [0.15, 0.2) is 0 Å².